The maximum atomic E-state index is 13.4. The Balaban J connectivity index is 1.90. The molecule has 0 fully saturated rings. The summed E-state index contributed by atoms with van der Waals surface area (Å²) in [6.45, 7) is 0. The van der Waals surface area contributed by atoms with Gasteiger partial charge in [-0.25, -0.2) is 18.7 Å². The predicted octanol–water partition coefficient (Wildman–Crippen LogP) is 1.37. The Labute approximate surface area is 230 Å². The molecule has 0 saturated carbocycles. The fourth-order valence-corrected chi connectivity index (χ4v) is 4.66. The van der Waals surface area contributed by atoms with Gasteiger partial charge in [0.05, 0.1) is 48.3 Å². The quantitative estimate of drug-likeness (QED) is 0.230. The zero-order valence-electron chi connectivity index (χ0n) is 21.7. The lowest BCUT2D eigenvalue weighted by molar-refractivity contribution is 0.393. The van der Waals surface area contributed by atoms with Gasteiger partial charge in [0.1, 0.15) is 11.5 Å². The number of methoxy groups -OCH3 is 2. The molecule has 0 amide bonds. The largest absolute Gasteiger partial charge is 0.495 e. The topological polar surface area (TPSA) is 182 Å². The van der Waals surface area contributed by atoms with E-state index < -0.39 is 51.3 Å². The number of nitrogens with one attached hydrogen (secondary N) is 2. The molecule has 13 heteroatoms. The molecule has 13 nitrogen and oxygen atoms in total. The Bertz CT molecular complexity index is 1870. The number of pyridine rings is 1. The second kappa shape index (κ2) is 10.7. The summed E-state index contributed by atoms with van der Waals surface area (Å²) >= 11 is 0. The van der Waals surface area contributed by atoms with Crippen LogP contribution in [0.4, 0.5) is 0 Å². The number of aromatic amines is 2. The monoisotopic (exact) mass is 557 g/mol. The molecule has 0 unspecified atom stereocenters. The number of ether oxygens (including phenoxy) is 2. The van der Waals surface area contributed by atoms with Gasteiger partial charge in [-0.15, -0.1) is 0 Å². The maximum Gasteiger partial charge on any atom is 0.335 e. The average molecular weight is 558 g/mol. The highest BCUT2D eigenvalue weighted by Crippen LogP contribution is 2.37. The molecule has 0 atom stereocenters. The highest BCUT2D eigenvalue weighted by atomic mass is 16.5. The Morgan fingerprint density at radius 1 is 0.683 bits per heavy atom. The number of rotatable bonds is 7. The first-order valence-electron chi connectivity index (χ1n) is 12.1. The van der Waals surface area contributed by atoms with Crippen molar-refractivity contribution in [2.45, 2.75) is 5.92 Å². The third kappa shape index (κ3) is 4.54. The summed E-state index contributed by atoms with van der Waals surface area (Å²) in [5, 5.41) is 23.0. The van der Waals surface area contributed by atoms with E-state index in [1.807, 2.05) is 0 Å². The van der Waals surface area contributed by atoms with Gasteiger partial charge in [-0.2, -0.15) is 0 Å². The van der Waals surface area contributed by atoms with Gasteiger partial charge in [0.2, 0.25) is 11.8 Å². The Kier molecular flexibility index (Phi) is 7.00. The van der Waals surface area contributed by atoms with Crippen LogP contribution in [0.15, 0.2) is 92.1 Å². The second-order valence-corrected chi connectivity index (χ2v) is 8.70. The zero-order valence-corrected chi connectivity index (χ0v) is 21.7. The first-order valence-corrected chi connectivity index (χ1v) is 12.1. The second-order valence-electron chi connectivity index (χ2n) is 8.70. The van der Waals surface area contributed by atoms with Crippen molar-refractivity contribution in [3.63, 3.8) is 0 Å². The molecule has 3 heterocycles. The number of aromatic nitrogens is 5. The van der Waals surface area contributed by atoms with Crippen LogP contribution in [0.5, 0.6) is 23.3 Å². The predicted molar refractivity (Wildman–Crippen MR) is 147 cm³/mol. The highest BCUT2D eigenvalue weighted by molar-refractivity contribution is 5.55. The van der Waals surface area contributed by atoms with Crippen molar-refractivity contribution in [1.82, 2.24) is 24.1 Å². The van der Waals surface area contributed by atoms with Crippen molar-refractivity contribution >= 4 is 0 Å². The van der Waals surface area contributed by atoms with Crippen LogP contribution < -0.4 is 32.0 Å². The molecule has 0 aliphatic carbocycles. The smallest absolute Gasteiger partial charge is 0.335 e. The molecule has 4 N–H and O–H groups in total. The molecular weight excluding hydrogens is 534 g/mol. The number of H-pyrrole nitrogens is 2. The fraction of sp³-hybridized carbons (Fsp3) is 0.107. The van der Waals surface area contributed by atoms with Crippen LogP contribution in [0.2, 0.25) is 0 Å². The summed E-state index contributed by atoms with van der Waals surface area (Å²) in [6, 6.07) is 17.1. The Hall–Kier alpha value is -5.85. The number of nitrogens with zero attached hydrogens (tertiary/aromatic N) is 3. The molecule has 0 aliphatic heterocycles. The summed E-state index contributed by atoms with van der Waals surface area (Å²) in [5.41, 5.74) is -4.86. The molecule has 3 aromatic heterocycles. The van der Waals surface area contributed by atoms with Crippen LogP contribution in [-0.4, -0.2) is 48.5 Å². The molecule has 2 aromatic carbocycles. The summed E-state index contributed by atoms with van der Waals surface area (Å²) in [4.78, 5) is 61.2. The van der Waals surface area contributed by atoms with E-state index in [1.54, 1.807) is 48.5 Å². The molecule has 0 radical (unpaired) electrons. The van der Waals surface area contributed by atoms with Crippen molar-refractivity contribution < 1.29 is 19.7 Å². The van der Waals surface area contributed by atoms with E-state index in [2.05, 4.69) is 15.0 Å². The normalized spacial score (nSPS) is 11.0. The number of hydrogen-bond donors (Lipinski definition) is 4. The average Bonchev–Trinajstić information content (AvgIpc) is 2.97. The maximum absolute atomic E-state index is 13.4. The first-order chi connectivity index (χ1) is 19.8. The van der Waals surface area contributed by atoms with Gasteiger partial charge in [-0.3, -0.25) is 24.5 Å². The lowest BCUT2D eigenvalue weighted by atomic mass is 9.90. The van der Waals surface area contributed by atoms with Gasteiger partial charge in [-0.05, 0) is 36.4 Å². The first kappa shape index (κ1) is 26.7. The highest BCUT2D eigenvalue weighted by Gasteiger charge is 2.34. The molecule has 208 valence electrons. The number of benzene rings is 2. The molecule has 0 saturated heterocycles. The third-order valence-electron chi connectivity index (χ3n) is 6.45. The Morgan fingerprint density at radius 2 is 1.12 bits per heavy atom. The third-order valence-corrected chi connectivity index (χ3v) is 6.45. The van der Waals surface area contributed by atoms with Gasteiger partial charge < -0.3 is 19.7 Å². The van der Waals surface area contributed by atoms with Crippen molar-refractivity contribution in [3.8, 4) is 34.6 Å². The van der Waals surface area contributed by atoms with E-state index in [0.717, 1.165) is 9.13 Å². The molecule has 5 rings (SSSR count). The van der Waals surface area contributed by atoms with E-state index in [9.17, 15) is 29.4 Å². The van der Waals surface area contributed by atoms with Crippen LogP contribution in [0, 0.1) is 0 Å². The van der Waals surface area contributed by atoms with Crippen molar-refractivity contribution in [3.05, 3.63) is 131 Å². The van der Waals surface area contributed by atoms with E-state index in [-0.39, 0.29) is 28.6 Å². The van der Waals surface area contributed by atoms with Crippen LogP contribution in [0.25, 0.3) is 11.4 Å². The van der Waals surface area contributed by atoms with E-state index in [0.29, 0.717) is 0 Å². The van der Waals surface area contributed by atoms with Gasteiger partial charge in [0.15, 0.2) is 0 Å². The van der Waals surface area contributed by atoms with Crippen LogP contribution in [0.1, 0.15) is 22.7 Å². The molecule has 0 aliphatic rings. The van der Waals surface area contributed by atoms with E-state index >= 15 is 0 Å². The van der Waals surface area contributed by atoms with Crippen molar-refractivity contribution in [2.75, 3.05) is 14.2 Å². The van der Waals surface area contributed by atoms with Gasteiger partial charge in [-0.1, -0.05) is 30.3 Å². The zero-order chi connectivity index (χ0) is 29.3. The lowest BCUT2D eigenvalue weighted by Crippen LogP contribution is -2.37. The standard InChI is InChI=1S/C28H23N5O8/c1-40-18-12-5-3-10-16(18)32-25(36)21(23(34)30-27(32)38)20(15-9-7-8-14-29-15)22-24(35)31-28(39)33(26(22)37)17-11-4-6-13-19(17)41-2/h3-14,20,36-37H,1-2H3,(H,30,34,38)(H,31,35,39). The SMILES string of the molecule is COc1ccccc1-n1c(O)c(C(c2ccccn2)c2c(O)n(-c3ccccc3OC)c(=O)[nH]c2=O)c(=O)[nH]c1=O. The minimum Gasteiger partial charge on any atom is -0.495 e. The van der Waals surface area contributed by atoms with Gasteiger partial charge in [0.25, 0.3) is 11.1 Å². The molecule has 0 bridgehead atoms. The minimum atomic E-state index is -1.56. The van der Waals surface area contributed by atoms with Crippen molar-refractivity contribution in [2.24, 2.45) is 0 Å². The molecule has 5 aromatic rings. The number of hydrogen-bond acceptors (Lipinski definition) is 9. The number of para-hydroxylation sites is 4. The summed E-state index contributed by atoms with van der Waals surface area (Å²) < 4.78 is 12.3. The van der Waals surface area contributed by atoms with Crippen LogP contribution in [0.3, 0.4) is 0 Å². The van der Waals surface area contributed by atoms with Crippen LogP contribution in [-0.2, 0) is 0 Å². The van der Waals surface area contributed by atoms with E-state index in [1.165, 1.54) is 38.6 Å². The fourth-order valence-electron chi connectivity index (χ4n) is 4.66. The molecular formula is C28H23N5O8. The number of aromatic hydroxyl groups is 2. The Morgan fingerprint density at radius 3 is 1.54 bits per heavy atom. The summed E-state index contributed by atoms with van der Waals surface area (Å²) in [5.74, 6) is -2.85. The van der Waals surface area contributed by atoms with Crippen molar-refractivity contribution in [1.29, 1.82) is 0 Å². The lowest BCUT2D eigenvalue weighted by Gasteiger charge is -2.22. The van der Waals surface area contributed by atoms with E-state index in [4.69, 9.17) is 9.47 Å². The van der Waals surface area contributed by atoms with Gasteiger partial charge >= 0.3 is 11.4 Å². The summed E-state index contributed by atoms with van der Waals surface area (Å²) in [6.07, 6.45) is 1.38. The summed E-state index contributed by atoms with van der Waals surface area (Å²) in [7, 11) is 2.73. The molecule has 41 heavy (non-hydrogen) atoms. The molecule has 0 spiro atoms. The minimum absolute atomic E-state index is 0.0459. The van der Waals surface area contributed by atoms with Crippen LogP contribution >= 0.6 is 0 Å². The van der Waals surface area contributed by atoms with Gasteiger partial charge in [0, 0.05) is 6.20 Å².